The second-order valence-electron chi connectivity index (χ2n) is 6.11. The molecule has 0 unspecified atom stereocenters. The number of halogens is 2. The van der Waals surface area contributed by atoms with E-state index < -0.39 is 5.82 Å². The standard InChI is InChI=1S/C18H19ClFN3O2S/c19-15-10-14(2-3-16(15)20)21-17(24)11-22-5-1-6-23(8-7-22)18(25)13-4-9-26-12-13/h2-4,9-10,12H,1,5-8,11H2,(H,21,24). The molecular formula is C18H19ClFN3O2S. The molecule has 26 heavy (non-hydrogen) atoms. The third-order valence-corrected chi connectivity index (χ3v) is 5.19. The molecule has 0 saturated carbocycles. The number of hydrogen-bond donors (Lipinski definition) is 1. The van der Waals surface area contributed by atoms with Crippen LogP contribution >= 0.6 is 22.9 Å². The third-order valence-electron chi connectivity index (χ3n) is 4.21. The molecule has 5 nitrogen and oxygen atoms in total. The molecular weight excluding hydrogens is 377 g/mol. The number of amides is 2. The van der Waals surface area contributed by atoms with Gasteiger partial charge in [-0.05, 0) is 36.1 Å². The summed E-state index contributed by atoms with van der Waals surface area (Å²) in [5, 5.41) is 6.44. The molecule has 2 heterocycles. The number of anilines is 1. The van der Waals surface area contributed by atoms with E-state index in [9.17, 15) is 14.0 Å². The van der Waals surface area contributed by atoms with E-state index >= 15 is 0 Å². The molecule has 1 aromatic carbocycles. The van der Waals surface area contributed by atoms with Crippen molar-refractivity contribution in [1.29, 1.82) is 0 Å². The van der Waals surface area contributed by atoms with Crippen LogP contribution in [0.4, 0.5) is 10.1 Å². The summed E-state index contributed by atoms with van der Waals surface area (Å²) >= 11 is 7.23. The van der Waals surface area contributed by atoms with Gasteiger partial charge in [0.2, 0.25) is 5.91 Å². The van der Waals surface area contributed by atoms with Crippen molar-refractivity contribution in [1.82, 2.24) is 9.80 Å². The number of benzene rings is 1. The Bertz CT molecular complexity index is 785. The summed E-state index contributed by atoms with van der Waals surface area (Å²) in [5.41, 5.74) is 1.18. The van der Waals surface area contributed by atoms with Crippen molar-refractivity contribution in [2.24, 2.45) is 0 Å². The maximum Gasteiger partial charge on any atom is 0.254 e. The highest BCUT2D eigenvalue weighted by Crippen LogP contribution is 2.19. The van der Waals surface area contributed by atoms with Gasteiger partial charge in [0.15, 0.2) is 0 Å². The fraction of sp³-hybridized carbons (Fsp3) is 0.333. The van der Waals surface area contributed by atoms with Crippen LogP contribution in [-0.4, -0.2) is 54.3 Å². The Morgan fingerprint density at radius 3 is 2.77 bits per heavy atom. The Morgan fingerprint density at radius 2 is 2.04 bits per heavy atom. The maximum atomic E-state index is 13.2. The molecule has 2 amide bonds. The van der Waals surface area contributed by atoms with Crippen LogP contribution in [0, 0.1) is 5.82 Å². The van der Waals surface area contributed by atoms with Crippen LogP contribution in [0.1, 0.15) is 16.8 Å². The van der Waals surface area contributed by atoms with Gasteiger partial charge in [-0.1, -0.05) is 11.6 Å². The van der Waals surface area contributed by atoms with Crippen LogP contribution in [0.2, 0.25) is 5.02 Å². The summed E-state index contributed by atoms with van der Waals surface area (Å²) in [6, 6.07) is 5.91. The average Bonchev–Trinajstić information content (AvgIpc) is 3.05. The fourth-order valence-corrected chi connectivity index (χ4v) is 3.69. The molecule has 0 atom stereocenters. The molecule has 1 fully saturated rings. The largest absolute Gasteiger partial charge is 0.337 e. The summed E-state index contributed by atoms with van der Waals surface area (Å²) in [6.45, 7) is 2.86. The van der Waals surface area contributed by atoms with Crippen molar-refractivity contribution in [2.75, 3.05) is 38.0 Å². The lowest BCUT2D eigenvalue weighted by molar-refractivity contribution is -0.117. The highest BCUT2D eigenvalue weighted by Gasteiger charge is 2.21. The first-order valence-corrected chi connectivity index (χ1v) is 9.64. The van der Waals surface area contributed by atoms with Crippen LogP contribution < -0.4 is 5.32 Å². The second kappa shape index (κ2) is 8.62. The zero-order chi connectivity index (χ0) is 18.5. The quantitative estimate of drug-likeness (QED) is 0.863. The van der Waals surface area contributed by atoms with Gasteiger partial charge in [-0.2, -0.15) is 11.3 Å². The molecule has 138 valence electrons. The molecule has 1 aliphatic rings. The van der Waals surface area contributed by atoms with E-state index in [0.717, 1.165) is 18.5 Å². The van der Waals surface area contributed by atoms with Crippen LogP contribution in [0.25, 0.3) is 0 Å². The van der Waals surface area contributed by atoms with Crippen molar-refractivity contribution in [3.05, 3.63) is 51.4 Å². The van der Waals surface area contributed by atoms with E-state index in [-0.39, 0.29) is 23.4 Å². The van der Waals surface area contributed by atoms with Crippen LogP contribution in [0.5, 0.6) is 0 Å². The zero-order valence-corrected chi connectivity index (χ0v) is 15.7. The number of hydrogen-bond acceptors (Lipinski definition) is 4. The minimum atomic E-state index is -0.521. The molecule has 1 aliphatic heterocycles. The maximum absolute atomic E-state index is 13.2. The molecule has 2 aromatic rings. The Hall–Kier alpha value is -1.96. The minimum Gasteiger partial charge on any atom is -0.337 e. The first-order chi connectivity index (χ1) is 12.5. The number of thiophene rings is 1. The highest BCUT2D eigenvalue weighted by molar-refractivity contribution is 7.08. The van der Waals surface area contributed by atoms with Gasteiger partial charge >= 0.3 is 0 Å². The number of carbonyl (C=O) groups excluding carboxylic acids is 2. The first kappa shape index (κ1) is 18.8. The summed E-state index contributed by atoms with van der Waals surface area (Å²) in [7, 11) is 0. The van der Waals surface area contributed by atoms with E-state index in [1.807, 2.05) is 26.6 Å². The lowest BCUT2D eigenvalue weighted by Crippen LogP contribution is -2.37. The first-order valence-electron chi connectivity index (χ1n) is 8.31. The van der Waals surface area contributed by atoms with Crippen LogP contribution in [0.15, 0.2) is 35.0 Å². The number of rotatable bonds is 4. The van der Waals surface area contributed by atoms with Gasteiger partial charge in [-0.15, -0.1) is 0 Å². The Labute approximate surface area is 160 Å². The molecule has 0 spiro atoms. The number of nitrogens with one attached hydrogen (secondary N) is 1. The fourth-order valence-electron chi connectivity index (χ4n) is 2.88. The minimum absolute atomic E-state index is 0.0276. The van der Waals surface area contributed by atoms with Crippen molar-refractivity contribution in [3.8, 4) is 0 Å². The van der Waals surface area contributed by atoms with Gasteiger partial charge in [0.25, 0.3) is 5.91 Å². The normalized spacial score (nSPS) is 15.5. The predicted octanol–water partition coefficient (Wildman–Crippen LogP) is 3.33. The van der Waals surface area contributed by atoms with E-state index in [1.165, 1.54) is 29.5 Å². The molecule has 1 aromatic heterocycles. The van der Waals surface area contributed by atoms with E-state index in [1.54, 1.807) is 0 Å². The van der Waals surface area contributed by atoms with Gasteiger partial charge in [0.05, 0.1) is 17.1 Å². The monoisotopic (exact) mass is 395 g/mol. The molecule has 0 radical (unpaired) electrons. The van der Waals surface area contributed by atoms with Gasteiger partial charge in [-0.3, -0.25) is 14.5 Å². The molecule has 0 aliphatic carbocycles. The summed E-state index contributed by atoms with van der Waals surface area (Å²) in [6.07, 6.45) is 0.811. The molecule has 8 heteroatoms. The van der Waals surface area contributed by atoms with Crippen molar-refractivity contribution in [2.45, 2.75) is 6.42 Å². The van der Waals surface area contributed by atoms with Gasteiger partial charge in [0.1, 0.15) is 5.82 Å². The summed E-state index contributed by atoms with van der Waals surface area (Å²) in [4.78, 5) is 28.5. The Balaban J connectivity index is 1.51. The van der Waals surface area contributed by atoms with E-state index in [2.05, 4.69) is 5.32 Å². The molecule has 1 saturated heterocycles. The lowest BCUT2D eigenvalue weighted by Gasteiger charge is -2.21. The van der Waals surface area contributed by atoms with Gasteiger partial charge < -0.3 is 10.2 Å². The summed E-state index contributed by atoms with van der Waals surface area (Å²) < 4.78 is 13.2. The third kappa shape index (κ3) is 4.81. The Kier molecular flexibility index (Phi) is 6.24. The van der Waals surface area contributed by atoms with Gasteiger partial charge in [-0.25, -0.2) is 4.39 Å². The smallest absolute Gasteiger partial charge is 0.254 e. The number of carbonyl (C=O) groups is 2. The summed E-state index contributed by atoms with van der Waals surface area (Å²) in [5.74, 6) is -0.670. The average molecular weight is 396 g/mol. The van der Waals surface area contributed by atoms with Crippen LogP contribution in [0.3, 0.4) is 0 Å². The molecule has 0 bridgehead atoms. The van der Waals surface area contributed by atoms with Crippen molar-refractivity contribution >= 4 is 40.4 Å². The van der Waals surface area contributed by atoms with Crippen LogP contribution in [-0.2, 0) is 4.79 Å². The van der Waals surface area contributed by atoms with Gasteiger partial charge in [0, 0.05) is 37.2 Å². The molecule has 1 N–H and O–H groups in total. The van der Waals surface area contributed by atoms with Crippen molar-refractivity contribution in [3.63, 3.8) is 0 Å². The van der Waals surface area contributed by atoms with E-state index in [0.29, 0.717) is 25.3 Å². The zero-order valence-electron chi connectivity index (χ0n) is 14.1. The highest BCUT2D eigenvalue weighted by atomic mass is 35.5. The van der Waals surface area contributed by atoms with E-state index in [4.69, 9.17) is 11.6 Å². The second-order valence-corrected chi connectivity index (χ2v) is 7.30. The van der Waals surface area contributed by atoms with Crippen molar-refractivity contribution < 1.29 is 14.0 Å². The Morgan fingerprint density at radius 1 is 1.19 bits per heavy atom. The SMILES string of the molecule is O=C(CN1CCCN(C(=O)c2ccsc2)CC1)Nc1ccc(F)c(Cl)c1. The lowest BCUT2D eigenvalue weighted by atomic mass is 10.3. The predicted molar refractivity (Wildman–Crippen MR) is 101 cm³/mol. The molecule has 3 rings (SSSR count). The number of nitrogens with zero attached hydrogens (tertiary/aromatic N) is 2. The topological polar surface area (TPSA) is 52.7 Å².